The van der Waals surface area contributed by atoms with Crippen molar-refractivity contribution in [1.29, 1.82) is 0 Å². The molecule has 1 atom stereocenters. The van der Waals surface area contributed by atoms with Crippen molar-refractivity contribution in [2.24, 2.45) is 11.8 Å². The van der Waals surface area contributed by atoms with Gasteiger partial charge in [0.1, 0.15) is 0 Å². The van der Waals surface area contributed by atoms with E-state index in [0.29, 0.717) is 43.4 Å². The van der Waals surface area contributed by atoms with Crippen molar-refractivity contribution in [2.45, 2.75) is 50.8 Å². The molecule has 1 saturated heterocycles. The van der Waals surface area contributed by atoms with Gasteiger partial charge < -0.3 is 4.74 Å². The van der Waals surface area contributed by atoms with E-state index in [9.17, 15) is 13.2 Å². The summed E-state index contributed by atoms with van der Waals surface area (Å²) in [6.07, 6.45) is 8.45. The molecule has 0 radical (unpaired) electrons. The fourth-order valence-corrected chi connectivity index (χ4v) is 5.24. The number of nitrogens with zero attached hydrogens (tertiary/aromatic N) is 1. The third kappa shape index (κ3) is 4.79. The van der Waals surface area contributed by atoms with E-state index in [1.165, 1.54) is 4.31 Å². The first-order valence-corrected chi connectivity index (χ1v) is 11.2. The largest absolute Gasteiger partial charge is 0.465 e. The number of allylic oxidation sites excluding steroid dienone is 2. The van der Waals surface area contributed by atoms with Crippen LogP contribution in [0.5, 0.6) is 0 Å². The minimum absolute atomic E-state index is 0.173. The number of aryl methyl sites for hydroxylation is 2. The number of carbonyl (C=O) groups excluding carboxylic acids is 1. The van der Waals surface area contributed by atoms with Crippen LogP contribution in [0.2, 0.25) is 0 Å². The zero-order valence-electron chi connectivity index (χ0n) is 16.2. The van der Waals surface area contributed by atoms with Crippen molar-refractivity contribution in [2.75, 3.05) is 19.7 Å². The number of hydrogen-bond acceptors (Lipinski definition) is 4. The topological polar surface area (TPSA) is 63.7 Å². The van der Waals surface area contributed by atoms with Crippen molar-refractivity contribution in [3.05, 3.63) is 41.5 Å². The second-order valence-electron chi connectivity index (χ2n) is 7.70. The maximum absolute atomic E-state index is 12.9. The molecule has 1 fully saturated rings. The first-order chi connectivity index (χ1) is 12.9. The predicted molar refractivity (Wildman–Crippen MR) is 105 cm³/mol. The van der Waals surface area contributed by atoms with Gasteiger partial charge in [0.05, 0.1) is 17.4 Å². The predicted octanol–water partition coefficient (Wildman–Crippen LogP) is 3.60. The van der Waals surface area contributed by atoms with Gasteiger partial charge in [0.2, 0.25) is 10.0 Å². The molecule has 0 N–H and O–H groups in total. The van der Waals surface area contributed by atoms with Crippen LogP contribution >= 0.6 is 0 Å². The van der Waals surface area contributed by atoms with Crippen LogP contribution in [-0.4, -0.2) is 38.4 Å². The van der Waals surface area contributed by atoms with E-state index in [1.54, 1.807) is 12.1 Å². The molecular weight excluding hydrogens is 362 g/mol. The van der Waals surface area contributed by atoms with Crippen LogP contribution in [0, 0.1) is 25.7 Å². The molecule has 1 aromatic carbocycles. The Morgan fingerprint density at radius 3 is 2.48 bits per heavy atom. The maximum Gasteiger partial charge on any atom is 0.309 e. The lowest BCUT2D eigenvalue weighted by Gasteiger charge is -2.30. The van der Waals surface area contributed by atoms with Crippen molar-refractivity contribution in [1.82, 2.24) is 4.31 Å². The average molecular weight is 392 g/mol. The van der Waals surface area contributed by atoms with Crippen LogP contribution in [0.4, 0.5) is 0 Å². The monoisotopic (exact) mass is 391 g/mol. The highest BCUT2D eigenvalue weighted by Crippen LogP contribution is 2.26. The average Bonchev–Trinajstić information content (AvgIpc) is 2.69. The molecule has 5 nitrogen and oxygen atoms in total. The van der Waals surface area contributed by atoms with E-state index in [2.05, 4.69) is 12.2 Å². The Bertz CT molecular complexity index is 807. The summed E-state index contributed by atoms with van der Waals surface area (Å²) in [5.41, 5.74) is 2.04. The van der Waals surface area contributed by atoms with Crippen molar-refractivity contribution >= 4 is 16.0 Å². The van der Waals surface area contributed by atoms with Gasteiger partial charge >= 0.3 is 5.97 Å². The molecule has 1 aromatic rings. The molecule has 0 amide bonds. The SMILES string of the molecule is Cc1ccc(S(=O)(=O)N2CCC(C(=O)OCC3CC=CCC3)CC2)cc1C. The number of carbonyl (C=O) groups is 1. The molecule has 3 rings (SSSR count). The first kappa shape index (κ1) is 20.1. The number of esters is 1. The van der Waals surface area contributed by atoms with Crippen LogP contribution in [-0.2, 0) is 19.6 Å². The lowest BCUT2D eigenvalue weighted by Crippen LogP contribution is -2.40. The molecular formula is C21H29NO4S. The molecule has 148 valence electrons. The quantitative estimate of drug-likeness (QED) is 0.568. The Morgan fingerprint density at radius 1 is 1.11 bits per heavy atom. The number of sulfonamides is 1. The van der Waals surface area contributed by atoms with Crippen LogP contribution in [0.15, 0.2) is 35.2 Å². The van der Waals surface area contributed by atoms with Crippen LogP contribution < -0.4 is 0 Å². The smallest absolute Gasteiger partial charge is 0.309 e. The molecule has 1 unspecified atom stereocenters. The van der Waals surface area contributed by atoms with E-state index in [0.717, 1.165) is 30.4 Å². The Labute approximate surface area is 162 Å². The fourth-order valence-electron chi connectivity index (χ4n) is 3.68. The van der Waals surface area contributed by atoms with Crippen LogP contribution in [0.25, 0.3) is 0 Å². The summed E-state index contributed by atoms with van der Waals surface area (Å²) in [5, 5.41) is 0. The van der Waals surface area contributed by atoms with E-state index >= 15 is 0 Å². The normalized spacial score (nSPS) is 21.9. The lowest BCUT2D eigenvalue weighted by atomic mass is 9.95. The second kappa shape index (κ2) is 8.57. The van der Waals surface area contributed by atoms with Gasteiger partial charge in [0, 0.05) is 13.1 Å². The van der Waals surface area contributed by atoms with Gasteiger partial charge in [-0.15, -0.1) is 0 Å². The zero-order valence-corrected chi connectivity index (χ0v) is 17.0. The number of hydrogen-bond donors (Lipinski definition) is 0. The number of rotatable bonds is 5. The highest BCUT2D eigenvalue weighted by Gasteiger charge is 2.33. The third-order valence-corrected chi connectivity index (χ3v) is 7.64. The molecule has 0 bridgehead atoms. The summed E-state index contributed by atoms with van der Waals surface area (Å²) in [6.45, 7) is 5.08. The summed E-state index contributed by atoms with van der Waals surface area (Å²) in [6, 6.07) is 5.23. The van der Waals surface area contributed by atoms with Gasteiger partial charge in [-0.25, -0.2) is 8.42 Å². The standard InChI is InChI=1S/C21H29NO4S/c1-16-8-9-20(14-17(16)2)27(24,25)22-12-10-19(11-13-22)21(23)26-15-18-6-4-3-5-7-18/h3-4,8-9,14,18-19H,5-7,10-13,15H2,1-2H3. The summed E-state index contributed by atoms with van der Waals surface area (Å²) in [4.78, 5) is 12.7. The Hall–Kier alpha value is -1.66. The van der Waals surface area contributed by atoms with Crippen LogP contribution in [0.3, 0.4) is 0 Å². The van der Waals surface area contributed by atoms with Gasteiger partial charge in [-0.2, -0.15) is 4.31 Å². The maximum atomic E-state index is 12.9. The molecule has 0 spiro atoms. The minimum atomic E-state index is -3.51. The third-order valence-electron chi connectivity index (χ3n) is 5.74. The molecule has 1 heterocycles. The number of benzene rings is 1. The van der Waals surface area contributed by atoms with Gasteiger partial charge in [-0.3, -0.25) is 4.79 Å². The van der Waals surface area contributed by atoms with Gasteiger partial charge in [0.15, 0.2) is 0 Å². The van der Waals surface area contributed by atoms with E-state index in [4.69, 9.17) is 4.74 Å². The van der Waals surface area contributed by atoms with Crippen molar-refractivity contribution < 1.29 is 17.9 Å². The fraction of sp³-hybridized carbons (Fsp3) is 0.571. The van der Waals surface area contributed by atoms with E-state index in [-0.39, 0.29) is 11.9 Å². The molecule has 2 aliphatic rings. The highest BCUT2D eigenvalue weighted by atomic mass is 32.2. The van der Waals surface area contributed by atoms with Gasteiger partial charge in [-0.1, -0.05) is 18.2 Å². The summed E-state index contributed by atoms with van der Waals surface area (Å²) in [5.74, 6) is 0.0484. The molecule has 6 heteroatoms. The minimum Gasteiger partial charge on any atom is -0.465 e. The Kier molecular flexibility index (Phi) is 6.37. The van der Waals surface area contributed by atoms with Crippen LogP contribution in [0.1, 0.15) is 43.2 Å². The molecule has 1 aliphatic carbocycles. The number of ether oxygens (including phenoxy) is 1. The van der Waals surface area contributed by atoms with E-state index in [1.807, 2.05) is 19.9 Å². The summed E-state index contributed by atoms with van der Waals surface area (Å²) >= 11 is 0. The molecule has 0 saturated carbocycles. The van der Waals surface area contributed by atoms with E-state index < -0.39 is 10.0 Å². The Balaban J connectivity index is 1.53. The first-order valence-electron chi connectivity index (χ1n) is 9.77. The zero-order chi connectivity index (χ0) is 19.4. The molecule has 27 heavy (non-hydrogen) atoms. The summed E-state index contributed by atoms with van der Waals surface area (Å²) < 4.78 is 32.7. The van der Waals surface area contributed by atoms with Gasteiger partial charge in [0.25, 0.3) is 0 Å². The molecule has 0 aromatic heterocycles. The van der Waals surface area contributed by atoms with Crippen molar-refractivity contribution in [3.63, 3.8) is 0 Å². The highest BCUT2D eigenvalue weighted by molar-refractivity contribution is 7.89. The van der Waals surface area contributed by atoms with Gasteiger partial charge in [-0.05, 0) is 75.1 Å². The van der Waals surface area contributed by atoms with Crippen molar-refractivity contribution in [3.8, 4) is 0 Å². The molecule has 1 aliphatic heterocycles. The second-order valence-corrected chi connectivity index (χ2v) is 9.64. The number of piperidine rings is 1. The Morgan fingerprint density at radius 2 is 1.85 bits per heavy atom. The summed E-state index contributed by atoms with van der Waals surface area (Å²) in [7, 11) is -3.51. The lowest BCUT2D eigenvalue weighted by molar-refractivity contribution is -0.151.